The number of anilines is 1. The van der Waals surface area contributed by atoms with Crippen LogP contribution < -0.4 is 4.90 Å². The molecule has 0 radical (unpaired) electrons. The number of hydrogen-bond donors (Lipinski definition) is 0. The molecule has 0 spiro atoms. The van der Waals surface area contributed by atoms with E-state index in [9.17, 15) is 14.9 Å². The molecule has 9 heteroatoms. The van der Waals surface area contributed by atoms with Gasteiger partial charge in [-0.15, -0.1) is 0 Å². The Hall–Kier alpha value is -4.27. The number of nitrogens with zero attached hydrogens (tertiary/aromatic N) is 5. The summed E-state index contributed by atoms with van der Waals surface area (Å²) in [5.41, 5.74) is 2.97. The van der Waals surface area contributed by atoms with E-state index in [0.717, 1.165) is 11.3 Å². The van der Waals surface area contributed by atoms with E-state index in [4.69, 9.17) is 4.52 Å². The predicted octanol–water partition coefficient (Wildman–Crippen LogP) is 4.29. The maximum Gasteiger partial charge on any atom is 0.390 e. The zero-order valence-corrected chi connectivity index (χ0v) is 17.6. The molecule has 2 aromatic heterocycles. The van der Waals surface area contributed by atoms with Crippen LogP contribution in [0.4, 0.5) is 11.5 Å². The van der Waals surface area contributed by atoms with Crippen LogP contribution in [-0.2, 0) is 13.1 Å². The second-order valence-corrected chi connectivity index (χ2v) is 7.34. The van der Waals surface area contributed by atoms with Crippen molar-refractivity contribution in [3.8, 4) is 0 Å². The number of para-hydroxylation sites is 1. The molecule has 0 N–H and O–H groups in total. The standard InChI is InChI=1S/C23H21N5O4/c1-16-13-21(28(30)31)24-27(16)15-20-17(2)32-25-22(20)23(29)26(19-11-7-4-8-12-19)14-18-9-5-3-6-10-18/h3-13H,14-15H2,1-2H3. The van der Waals surface area contributed by atoms with Gasteiger partial charge >= 0.3 is 5.82 Å². The van der Waals surface area contributed by atoms with Crippen molar-refractivity contribution in [3.63, 3.8) is 0 Å². The van der Waals surface area contributed by atoms with Gasteiger partial charge in [0.25, 0.3) is 5.91 Å². The summed E-state index contributed by atoms with van der Waals surface area (Å²) in [6.45, 7) is 3.90. The number of amides is 1. The summed E-state index contributed by atoms with van der Waals surface area (Å²) >= 11 is 0. The molecule has 4 rings (SSSR count). The monoisotopic (exact) mass is 431 g/mol. The zero-order valence-electron chi connectivity index (χ0n) is 17.6. The summed E-state index contributed by atoms with van der Waals surface area (Å²) in [5, 5.41) is 19.1. The SMILES string of the molecule is Cc1onc(C(=O)N(Cc2ccccc2)c2ccccc2)c1Cn1nc([N+](=O)[O-])cc1C. The van der Waals surface area contributed by atoms with E-state index >= 15 is 0 Å². The Balaban J connectivity index is 1.70. The van der Waals surface area contributed by atoms with Crippen molar-refractivity contribution in [2.75, 3.05) is 4.90 Å². The summed E-state index contributed by atoms with van der Waals surface area (Å²) in [7, 11) is 0. The van der Waals surface area contributed by atoms with Crippen molar-refractivity contribution in [1.82, 2.24) is 14.9 Å². The topological polar surface area (TPSA) is 107 Å². The third-order valence-corrected chi connectivity index (χ3v) is 5.15. The van der Waals surface area contributed by atoms with Gasteiger partial charge in [-0.25, -0.2) is 0 Å². The summed E-state index contributed by atoms with van der Waals surface area (Å²) < 4.78 is 6.82. The Morgan fingerprint density at radius 1 is 1.09 bits per heavy atom. The first kappa shape index (κ1) is 21.0. The molecule has 162 valence electrons. The zero-order chi connectivity index (χ0) is 22.7. The molecule has 0 fully saturated rings. The minimum absolute atomic E-state index is 0.129. The van der Waals surface area contributed by atoms with Gasteiger partial charge in [0.15, 0.2) is 5.69 Å². The maximum atomic E-state index is 13.6. The number of hydrogen-bond acceptors (Lipinski definition) is 6. The van der Waals surface area contributed by atoms with Gasteiger partial charge in [0.2, 0.25) is 0 Å². The number of rotatable bonds is 7. The largest absolute Gasteiger partial charge is 0.390 e. The van der Waals surface area contributed by atoms with E-state index < -0.39 is 4.92 Å². The Morgan fingerprint density at radius 3 is 2.38 bits per heavy atom. The molecule has 2 heterocycles. The summed E-state index contributed by atoms with van der Waals surface area (Å²) in [5.74, 6) is -0.121. The van der Waals surface area contributed by atoms with Crippen molar-refractivity contribution in [2.45, 2.75) is 26.9 Å². The van der Waals surface area contributed by atoms with Crippen LogP contribution in [0.15, 0.2) is 71.3 Å². The number of nitro groups is 1. The molecule has 0 unspecified atom stereocenters. The lowest BCUT2D eigenvalue weighted by molar-refractivity contribution is -0.389. The average molecular weight is 431 g/mol. The highest BCUT2D eigenvalue weighted by molar-refractivity contribution is 6.05. The Bertz CT molecular complexity index is 1250. The molecule has 0 atom stereocenters. The van der Waals surface area contributed by atoms with Crippen LogP contribution in [0.2, 0.25) is 0 Å². The molecule has 2 aromatic carbocycles. The van der Waals surface area contributed by atoms with Gasteiger partial charge in [0.05, 0.1) is 35.5 Å². The van der Waals surface area contributed by atoms with Gasteiger partial charge in [0.1, 0.15) is 5.76 Å². The van der Waals surface area contributed by atoms with Crippen LogP contribution in [0, 0.1) is 24.0 Å². The van der Waals surface area contributed by atoms with Gasteiger partial charge in [0, 0.05) is 5.69 Å². The fraction of sp³-hybridized carbons (Fsp3) is 0.174. The molecule has 32 heavy (non-hydrogen) atoms. The first-order chi connectivity index (χ1) is 15.4. The van der Waals surface area contributed by atoms with Crippen LogP contribution in [0.1, 0.15) is 33.1 Å². The highest BCUT2D eigenvalue weighted by Crippen LogP contribution is 2.24. The van der Waals surface area contributed by atoms with Crippen molar-refractivity contribution >= 4 is 17.4 Å². The number of carbonyl (C=O) groups is 1. The van der Waals surface area contributed by atoms with E-state index in [1.54, 1.807) is 18.7 Å². The predicted molar refractivity (Wildman–Crippen MR) is 117 cm³/mol. The normalized spacial score (nSPS) is 10.8. The van der Waals surface area contributed by atoms with Crippen molar-refractivity contribution in [3.05, 3.63) is 105 Å². The molecule has 0 aliphatic heterocycles. The average Bonchev–Trinajstić information content (AvgIpc) is 3.36. The van der Waals surface area contributed by atoms with Crippen molar-refractivity contribution in [2.24, 2.45) is 0 Å². The Labute approximate surface area is 184 Å². The number of aromatic nitrogens is 3. The maximum absolute atomic E-state index is 13.6. The summed E-state index contributed by atoms with van der Waals surface area (Å²) in [6, 6.07) is 20.4. The summed E-state index contributed by atoms with van der Waals surface area (Å²) in [4.78, 5) is 25.8. The van der Waals surface area contributed by atoms with Crippen LogP contribution in [0.25, 0.3) is 0 Å². The molecule has 0 aliphatic carbocycles. The van der Waals surface area contributed by atoms with E-state index in [-0.39, 0.29) is 24.0 Å². The van der Waals surface area contributed by atoms with E-state index in [1.807, 2.05) is 60.7 Å². The number of benzene rings is 2. The van der Waals surface area contributed by atoms with E-state index in [0.29, 0.717) is 23.6 Å². The van der Waals surface area contributed by atoms with Gasteiger partial charge < -0.3 is 19.5 Å². The minimum atomic E-state index is -0.549. The molecular formula is C23H21N5O4. The smallest absolute Gasteiger partial charge is 0.361 e. The van der Waals surface area contributed by atoms with Gasteiger partial charge in [-0.2, -0.15) is 4.68 Å². The first-order valence-corrected chi connectivity index (χ1v) is 9.99. The van der Waals surface area contributed by atoms with Crippen LogP contribution in [0.3, 0.4) is 0 Å². The van der Waals surface area contributed by atoms with Gasteiger partial charge in [-0.05, 0) is 36.5 Å². The van der Waals surface area contributed by atoms with Crippen LogP contribution >= 0.6 is 0 Å². The van der Waals surface area contributed by atoms with E-state index in [2.05, 4.69) is 10.3 Å². The molecule has 0 saturated heterocycles. The third kappa shape index (κ3) is 4.27. The molecule has 0 bridgehead atoms. The lowest BCUT2D eigenvalue weighted by atomic mass is 10.1. The highest BCUT2D eigenvalue weighted by Gasteiger charge is 2.28. The van der Waals surface area contributed by atoms with Crippen LogP contribution in [0.5, 0.6) is 0 Å². The van der Waals surface area contributed by atoms with Crippen molar-refractivity contribution in [1.29, 1.82) is 0 Å². The fourth-order valence-corrected chi connectivity index (χ4v) is 3.42. The lowest BCUT2D eigenvalue weighted by Gasteiger charge is -2.22. The lowest BCUT2D eigenvalue weighted by Crippen LogP contribution is -2.31. The molecule has 1 amide bonds. The molecule has 4 aromatic rings. The number of carbonyl (C=O) groups excluding carboxylic acids is 1. The number of aryl methyl sites for hydroxylation is 2. The molecular weight excluding hydrogens is 410 g/mol. The molecule has 0 saturated carbocycles. The van der Waals surface area contributed by atoms with Gasteiger partial charge in [-0.1, -0.05) is 53.7 Å². The molecule has 0 aliphatic rings. The quantitative estimate of drug-likeness (QED) is 0.319. The van der Waals surface area contributed by atoms with Gasteiger partial charge in [-0.3, -0.25) is 4.79 Å². The van der Waals surface area contributed by atoms with E-state index in [1.165, 1.54) is 10.7 Å². The Kier molecular flexibility index (Phi) is 5.80. The first-order valence-electron chi connectivity index (χ1n) is 9.99. The second-order valence-electron chi connectivity index (χ2n) is 7.34. The molecule has 9 nitrogen and oxygen atoms in total. The third-order valence-electron chi connectivity index (χ3n) is 5.15. The fourth-order valence-electron chi connectivity index (χ4n) is 3.42. The Morgan fingerprint density at radius 2 is 1.75 bits per heavy atom. The minimum Gasteiger partial charge on any atom is -0.361 e. The highest BCUT2D eigenvalue weighted by atomic mass is 16.6. The van der Waals surface area contributed by atoms with Crippen LogP contribution in [-0.4, -0.2) is 25.8 Å². The summed E-state index contributed by atoms with van der Waals surface area (Å²) in [6.07, 6.45) is 0. The van der Waals surface area contributed by atoms with Crippen molar-refractivity contribution < 1.29 is 14.2 Å². The second kappa shape index (κ2) is 8.84.